The molecule has 0 aliphatic carbocycles. The van der Waals surface area contributed by atoms with E-state index in [-0.39, 0.29) is 12.0 Å². The summed E-state index contributed by atoms with van der Waals surface area (Å²) >= 11 is 3.42. The van der Waals surface area contributed by atoms with Crippen molar-refractivity contribution in [1.82, 2.24) is 9.80 Å². The Balaban J connectivity index is 2.02. The predicted molar refractivity (Wildman–Crippen MR) is 84.7 cm³/mol. The molecule has 1 aliphatic rings. The van der Waals surface area contributed by atoms with Gasteiger partial charge in [-0.05, 0) is 41.1 Å². The zero-order valence-corrected chi connectivity index (χ0v) is 14.0. The highest BCUT2D eigenvalue weighted by Gasteiger charge is 2.24. The minimum absolute atomic E-state index is 0.0115. The molecule has 1 aromatic carbocycles. The van der Waals surface area contributed by atoms with Crippen LogP contribution in [0.15, 0.2) is 22.7 Å². The third kappa shape index (κ3) is 4.18. The monoisotopic (exact) mass is 356 g/mol. The molecule has 1 fully saturated rings. The lowest BCUT2D eigenvalue weighted by atomic mass is 10.1. The Kier molecular flexibility index (Phi) is 5.61. The number of β-amino-alcohol motifs (C(OH)–C–C–N with tert-alkyl or cyclic N) is 1. The van der Waals surface area contributed by atoms with Crippen LogP contribution < -0.4 is 4.74 Å². The van der Waals surface area contributed by atoms with Gasteiger partial charge in [0.1, 0.15) is 5.75 Å². The molecule has 1 atom stereocenters. The molecule has 2 rings (SSSR count). The molecule has 1 amide bonds. The summed E-state index contributed by atoms with van der Waals surface area (Å²) in [5.41, 5.74) is 0.623. The summed E-state index contributed by atoms with van der Waals surface area (Å²) in [6, 6.07) is 5.41. The Morgan fingerprint density at radius 1 is 1.38 bits per heavy atom. The van der Waals surface area contributed by atoms with Gasteiger partial charge in [-0.2, -0.15) is 0 Å². The third-order valence-corrected chi connectivity index (χ3v) is 4.28. The normalized spacial score (nSPS) is 17.6. The van der Waals surface area contributed by atoms with Crippen LogP contribution in [0.4, 0.5) is 0 Å². The number of amides is 1. The fourth-order valence-electron chi connectivity index (χ4n) is 2.47. The highest BCUT2D eigenvalue weighted by atomic mass is 79.9. The number of piperazine rings is 1. The number of hydrogen-bond acceptors (Lipinski definition) is 4. The van der Waals surface area contributed by atoms with Crippen LogP contribution in [-0.4, -0.2) is 66.8 Å². The van der Waals surface area contributed by atoms with E-state index in [0.717, 1.165) is 17.6 Å². The predicted octanol–water partition coefficient (Wildman–Crippen LogP) is 1.60. The van der Waals surface area contributed by atoms with Crippen LogP contribution in [0, 0.1) is 0 Å². The van der Waals surface area contributed by atoms with Crippen LogP contribution in [0.5, 0.6) is 5.75 Å². The Morgan fingerprint density at radius 2 is 2.05 bits per heavy atom. The van der Waals surface area contributed by atoms with Crippen LogP contribution in [-0.2, 0) is 0 Å². The largest absolute Gasteiger partial charge is 0.497 e. The average molecular weight is 357 g/mol. The van der Waals surface area contributed by atoms with Crippen LogP contribution in [0.1, 0.15) is 17.3 Å². The molecule has 0 saturated carbocycles. The molecule has 0 aromatic heterocycles. The maximum Gasteiger partial charge on any atom is 0.255 e. The minimum atomic E-state index is -0.334. The highest BCUT2D eigenvalue weighted by molar-refractivity contribution is 9.10. The number of aliphatic hydroxyl groups excluding tert-OH is 1. The smallest absolute Gasteiger partial charge is 0.255 e. The molecule has 21 heavy (non-hydrogen) atoms. The van der Waals surface area contributed by atoms with Gasteiger partial charge in [-0.1, -0.05) is 0 Å². The average Bonchev–Trinajstić information content (AvgIpc) is 2.47. The molecule has 5 nitrogen and oxygen atoms in total. The lowest BCUT2D eigenvalue weighted by molar-refractivity contribution is 0.0553. The van der Waals surface area contributed by atoms with Gasteiger partial charge in [0.2, 0.25) is 0 Å². The number of halogens is 1. The lowest BCUT2D eigenvalue weighted by Gasteiger charge is -2.35. The molecule has 1 saturated heterocycles. The van der Waals surface area contributed by atoms with Crippen LogP contribution in [0.25, 0.3) is 0 Å². The quantitative estimate of drug-likeness (QED) is 0.890. The molecule has 0 unspecified atom stereocenters. The van der Waals surface area contributed by atoms with Crippen molar-refractivity contribution in [2.75, 3.05) is 39.8 Å². The molecule has 0 radical (unpaired) electrons. The molecule has 0 spiro atoms. The number of ether oxygens (including phenoxy) is 1. The summed E-state index contributed by atoms with van der Waals surface area (Å²) in [4.78, 5) is 16.6. The number of hydrogen-bond donors (Lipinski definition) is 1. The van der Waals surface area contributed by atoms with Crippen molar-refractivity contribution >= 4 is 21.8 Å². The fraction of sp³-hybridized carbons (Fsp3) is 0.533. The molecular weight excluding hydrogens is 336 g/mol. The first kappa shape index (κ1) is 16.3. The van der Waals surface area contributed by atoms with Gasteiger partial charge in [0.15, 0.2) is 0 Å². The van der Waals surface area contributed by atoms with Crippen LogP contribution in [0.3, 0.4) is 0 Å². The Hall–Kier alpha value is -1.11. The van der Waals surface area contributed by atoms with Gasteiger partial charge in [-0.15, -0.1) is 0 Å². The second-order valence-corrected chi connectivity index (χ2v) is 6.14. The first-order valence-electron chi connectivity index (χ1n) is 7.04. The highest BCUT2D eigenvalue weighted by Crippen LogP contribution is 2.24. The standard InChI is InChI=1S/C15H21BrN2O3/c1-11(19)10-17-5-7-18(8-6-17)15(20)13-9-12(21-2)3-4-14(13)16/h3-4,9,11,19H,5-8,10H2,1-2H3/t11-/m0/s1. The molecule has 116 valence electrons. The number of carbonyl (C=O) groups excluding carboxylic acids is 1. The summed E-state index contributed by atoms with van der Waals surface area (Å²) < 4.78 is 5.96. The maximum absolute atomic E-state index is 12.6. The van der Waals surface area contributed by atoms with Crippen molar-refractivity contribution in [3.63, 3.8) is 0 Å². The first-order chi connectivity index (χ1) is 10.0. The van der Waals surface area contributed by atoms with Gasteiger partial charge >= 0.3 is 0 Å². The van der Waals surface area contributed by atoms with E-state index >= 15 is 0 Å². The van der Waals surface area contributed by atoms with Gasteiger partial charge in [0, 0.05) is 37.2 Å². The molecule has 1 aromatic rings. The molecule has 1 heterocycles. The summed E-state index contributed by atoms with van der Waals surface area (Å²) in [5, 5.41) is 9.41. The van der Waals surface area contributed by atoms with Crippen LogP contribution in [0.2, 0.25) is 0 Å². The van der Waals surface area contributed by atoms with E-state index in [0.29, 0.717) is 30.9 Å². The topological polar surface area (TPSA) is 53.0 Å². The van der Waals surface area contributed by atoms with E-state index in [4.69, 9.17) is 4.74 Å². The maximum atomic E-state index is 12.6. The van der Waals surface area contributed by atoms with Crippen molar-refractivity contribution in [3.8, 4) is 5.75 Å². The summed E-state index contributed by atoms with van der Waals surface area (Å²) in [6.45, 7) is 5.37. The van der Waals surface area contributed by atoms with E-state index in [9.17, 15) is 9.90 Å². The van der Waals surface area contributed by atoms with Gasteiger partial charge in [0.05, 0.1) is 18.8 Å². The Labute approximate surface area is 133 Å². The minimum Gasteiger partial charge on any atom is -0.497 e. The number of rotatable bonds is 4. The van der Waals surface area contributed by atoms with E-state index in [1.54, 1.807) is 20.1 Å². The molecule has 6 heteroatoms. The number of nitrogens with zero attached hydrogens (tertiary/aromatic N) is 2. The summed E-state index contributed by atoms with van der Waals surface area (Å²) in [6.07, 6.45) is -0.334. The SMILES string of the molecule is COc1ccc(Br)c(C(=O)N2CCN(C[C@H](C)O)CC2)c1. The number of benzene rings is 1. The Bertz CT molecular complexity index is 500. The first-order valence-corrected chi connectivity index (χ1v) is 7.84. The van der Waals surface area contributed by atoms with E-state index in [2.05, 4.69) is 20.8 Å². The zero-order valence-electron chi connectivity index (χ0n) is 12.4. The number of carbonyl (C=O) groups is 1. The van der Waals surface area contributed by atoms with E-state index in [1.165, 1.54) is 0 Å². The lowest BCUT2D eigenvalue weighted by Crippen LogP contribution is -2.50. The van der Waals surface area contributed by atoms with Gasteiger partial charge < -0.3 is 14.7 Å². The van der Waals surface area contributed by atoms with Gasteiger partial charge in [-0.25, -0.2) is 0 Å². The van der Waals surface area contributed by atoms with Crippen molar-refractivity contribution in [2.24, 2.45) is 0 Å². The third-order valence-electron chi connectivity index (χ3n) is 3.59. The van der Waals surface area contributed by atoms with Crippen molar-refractivity contribution in [1.29, 1.82) is 0 Å². The molecule has 0 bridgehead atoms. The summed E-state index contributed by atoms with van der Waals surface area (Å²) in [5.74, 6) is 0.687. The molecular formula is C15H21BrN2O3. The van der Waals surface area contributed by atoms with E-state index < -0.39 is 0 Å². The second kappa shape index (κ2) is 7.24. The second-order valence-electron chi connectivity index (χ2n) is 5.29. The van der Waals surface area contributed by atoms with Crippen LogP contribution >= 0.6 is 15.9 Å². The molecule has 1 N–H and O–H groups in total. The number of methoxy groups -OCH3 is 1. The zero-order chi connectivity index (χ0) is 15.4. The number of aliphatic hydroxyl groups is 1. The fourth-order valence-corrected chi connectivity index (χ4v) is 2.89. The van der Waals surface area contributed by atoms with Crippen molar-refractivity contribution in [2.45, 2.75) is 13.0 Å². The van der Waals surface area contributed by atoms with Gasteiger partial charge in [-0.3, -0.25) is 9.69 Å². The van der Waals surface area contributed by atoms with Crippen molar-refractivity contribution < 1.29 is 14.6 Å². The summed E-state index contributed by atoms with van der Waals surface area (Å²) in [7, 11) is 1.59. The Morgan fingerprint density at radius 3 is 2.62 bits per heavy atom. The van der Waals surface area contributed by atoms with Gasteiger partial charge in [0.25, 0.3) is 5.91 Å². The molecule has 1 aliphatic heterocycles. The van der Waals surface area contributed by atoms with Crippen molar-refractivity contribution in [3.05, 3.63) is 28.2 Å². The van der Waals surface area contributed by atoms with E-state index in [1.807, 2.05) is 17.0 Å².